The Hall–Kier alpha value is -1.35. The molecule has 17 heavy (non-hydrogen) atoms. The summed E-state index contributed by atoms with van der Waals surface area (Å²) in [6.45, 7) is 6.06. The number of carbonyl (C=O) groups is 1. The van der Waals surface area contributed by atoms with Gasteiger partial charge in [-0.1, -0.05) is 19.1 Å². The number of aliphatic hydroxyl groups excluding tert-OH is 1. The fourth-order valence-electron chi connectivity index (χ4n) is 1.79. The van der Waals surface area contributed by atoms with Crippen LogP contribution >= 0.6 is 0 Å². The van der Waals surface area contributed by atoms with E-state index in [0.29, 0.717) is 6.42 Å². The molecule has 0 aromatic heterocycles. The molecule has 0 aliphatic carbocycles. The Morgan fingerprint density at radius 3 is 2.71 bits per heavy atom. The van der Waals surface area contributed by atoms with Crippen molar-refractivity contribution in [2.45, 2.75) is 39.7 Å². The first-order valence-corrected chi connectivity index (χ1v) is 6.08. The van der Waals surface area contributed by atoms with Crippen molar-refractivity contribution < 1.29 is 9.90 Å². The van der Waals surface area contributed by atoms with E-state index >= 15 is 0 Å². The van der Waals surface area contributed by atoms with E-state index in [2.05, 4.69) is 5.32 Å². The summed E-state index contributed by atoms with van der Waals surface area (Å²) in [5.74, 6) is -0.0495. The molecule has 0 heterocycles. The van der Waals surface area contributed by atoms with Crippen molar-refractivity contribution in [1.29, 1.82) is 0 Å². The van der Waals surface area contributed by atoms with E-state index in [9.17, 15) is 4.79 Å². The third kappa shape index (κ3) is 3.56. The van der Waals surface area contributed by atoms with Crippen molar-refractivity contribution in [2.75, 3.05) is 6.61 Å². The Labute approximate surface area is 103 Å². The summed E-state index contributed by atoms with van der Waals surface area (Å²) in [6.07, 6.45) is 1.43. The van der Waals surface area contributed by atoms with E-state index in [1.54, 1.807) is 0 Å². The number of nitrogens with one attached hydrogen (secondary N) is 1. The van der Waals surface area contributed by atoms with Crippen molar-refractivity contribution in [3.63, 3.8) is 0 Å². The Balaban J connectivity index is 2.79. The zero-order valence-electron chi connectivity index (χ0n) is 10.8. The number of aryl methyl sites for hydroxylation is 1. The first-order chi connectivity index (χ1) is 8.10. The second kappa shape index (κ2) is 6.40. The molecule has 0 saturated heterocycles. The highest BCUT2D eigenvalue weighted by Gasteiger charge is 2.14. The Morgan fingerprint density at radius 2 is 2.12 bits per heavy atom. The summed E-state index contributed by atoms with van der Waals surface area (Å²) in [7, 11) is 0. The smallest absolute Gasteiger partial charge is 0.251 e. The maximum Gasteiger partial charge on any atom is 0.251 e. The molecule has 3 nitrogen and oxygen atoms in total. The van der Waals surface area contributed by atoms with E-state index in [-0.39, 0.29) is 18.6 Å². The summed E-state index contributed by atoms with van der Waals surface area (Å²) >= 11 is 0. The van der Waals surface area contributed by atoms with Crippen LogP contribution in [0.1, 0.15) is 41.3 Å². The predicted octanol–water partition coefficient (Wildman–Crippen LogP) is 2.19. The molecule has 0 spiro atoms. The Kier molecular flexibility index (Phi) is 5.16. The molecule has 3 heteroatoms. The van der Waals surface area contributed by atoms with Crippen LogP contribution in [0, 0.1) is 13.8 Å². The van der Waals surface area contributed by atoms with Crippen molar-refractivity contribution >= 4 is 5.91 Å². The maximum atomic E-state index is 12.1. The van der Waals surface area contributed by atoms with Crippen LogP contribution in [0.4, 0.5) is 0 Å². The third-order valence-corrected chi connectivity index (χ3v) is 3.15. The topological polar surface area (TPSA) is 49.3 Å². The number of carbonyl (C=O) groups excluding carboxylic acids is 1. The molecule has 1 amide bonds. The lowest BCUT2D eigenvalue weighted by Crippen LogP contribution is -2.35. The minimum atomic E-state index is -0.0495. The van der Waals surface area contributed by atoms with Gasteiger partial charge in [0.1, 0.15) is 0 Å². The summed E-state index contributed by atoms with van der Waals surface area (Å²) in [5, 5.41) is 11.9. The summed E-state index contributed by atoms with van der Waals surface area (Å²) < 4.78 is 0. The third-order valence-electron chi connectivity index (χ3n) is 3.15. The first-order valence-electron chi connectivity index (χ1n) is 6.08. The monoisotopic (exact) mass is 235 g/mol. The molecule has 1 atom stereocenters. The summed E-state index contributed by atoms with van der Waals surface area (Å²) in [5.41, 5.74) is 2.86. The molecule has 0 aliphatic rings. The van der Waals surface area contributed by atoms with Gasteiger partial charge in [-0.3, -0.25) is 4.79 Å². The van der Waals surface area contributed by atoms with E-state index in [4.69, 9.17) is 5.11 Å². The van der Waals surface area contributed by atoms with Crippen LogP contribution in [-0.4, -0.2) is 23.7 Å². The molecule has 1 aromatic rings. The number of aliphatic hydroxyl groups is 1. The first kappa shape index (κ1) is 13.7. The second-order valence-corrected chi connectivity index (χ2v) is 4.34. The highest BCUT2D eigenvalue weighted by molar-refractivity contribution is 5.96. The van der Waals surface area contributed by atoms with Crippen LogP contribution in [-0.2, 0) is 0 Å². The average molecular weight is 235 g/mol. The van der Waals surface area contributed by atoms with E-state index < -0.39 is 0 Å². The van der Waals surface area contributed by atoms with Crippen molar-refractivity contribution in [3.8, 4) is 0 Å². The number of amides is 1. The molecule has 0 bridgehead atoms. The molecule has 0 radical (unpaired) electrons. The Morgan fingerprint density at radius 1 is 1.41 bits per heavy atom. The predicted molar refractivity (Wildman–Crippen MR) is 69.2 cm³/mol. The molecular formula is C14H21NO2. The summed E-state index contributed by atoms with van der Waals surface area (Å²) in [4.78, 5) is 12.1. The van der Waals surface area contributed by atoms with Crippen molar-refractivity contribution in [3.05, 3.63) is 34.9 Å². The van der Waals surface area contributed by atoms with Gasteiger partial charge in [-0.25, -0.2) is 0 Å². The zero-order chi connectivity index (χ0) is 12.8. The van der Waals surface area contributed by atoms with Crippen molar-refractivity contribution in [1.82, 2.24) is 5.32 Å². The van der Waals surface area contributed by atoms with Gasteiger partial charge in [-0.05, 0) is 43.9 Å². The molecule has 2 N–H and O–H groups in total. The van der Waals surface area contributed by atoms with E-state index in [0.717, 1.165) is 23.1 Å². The molecular weight excluding hydrogens is 214 g/mol. The number of benzene rings is 1. The van der Waals surface area contributed by atoms with Gasteiger partial charge in [0.25, 0.3) is 5.91 Å². The lowest BCUT2D eigenvalue weighted by Gasteiger charge is -2.17. The maximum absolute atomic E-state index is 12.1. The zero-order valence-corrected chi connectivity index (χ0v) is 10.8. The minimum absolute atomic E-state index is 0.0485. The molecule has 0 aliphatic heterocycles. The molecule has 0 saturated carbocycles. The van der Waals surface area contributed by atoms with E-state index in [1.165, 1.54) is 0 Å². The molecule has 1 unspecified atom stereocenters. The van der Waals surface area contributed by atoms with E-state index in [1.807, 2.05) is 39.0 Å². The van der Waals surface area contributed by atoms with Crippen LogP contribution in [0.15, 0.2) is 18.2 Å². The summed E-state index contributed by atoms with van der Waals surface area (Å²) in [6, 6.07) is 5.78. The number of hydrogen-bond acceptors (Lipinski definition) is 2. The van der Waals surface area contributed by atoms with Gasteiger partial charge >= 0.3 is 0 Å². The van der Waals surface area contributed by atoms with Crippen LogP contribution in [0.5, 0.6) is 0 Å². The van der Waals surface area contributed by atoms with Gasteiger partial charge in [0.05, 0.1) is 0 Å². The molecule has 1 rings (SSSR count). The fraction of sp³-hybridized carbons (Fsp3) is 0.500. The number of rotatable bonds is 5. The molecule has 94 valence electrons. The van der Waals surface area contributed by atoms with Gasteiger partial charge in [-0.15, -0.1) is 0 Å². The lowest BCUT2D eigenvalue weighted by molar-refractivity contribution is 0.0928. The number of hydrogen-bond donors (Lipinski definition) is 2. The highest BCUT2D eigenvalue weighted by Crippen LogP contribution is 2.13. The highest BCUT2D eigenvalue weighted by atomic mass is 16.3. The molecule has 1 aromatic carbocycles. The molecule has 0 fully saturated rings. The van der Waals surface area contributed by atoms with Gasteiger partial charge in [0, 0.05) is 18.2 Å². The fourth-order valence-corrected chi connectivity index (χ4v) is 1.79. The quantitative estimate of drug-likeness (QED) is 0.822. The van der Waals surface area contributed by atoms with Crippen LogP contribution in [0.2, 0.25) is 0 Å². The van der Waals surface area contributed by atoms with Gasteiger partial charge in [-0.2, -0.15) is 0 Å². The van der Waals surface area contributed by atoms with Gasteiger partial charge in [0.2, 0.25) is 0 Å². The lowest BCUT2D eigenvalue weighted by atomic mass is 10.0. The Bertz CT molecular complexity index is 388. The second-order valence-electron chi connectivity index (χ2n) is 4.34. The SMILES string of the molecule is CCC(CCO)NC(=O)c1cccc(C)c1C. The van der Waals surface area contributed by atoms with Crippen LogP contribution in [0.3, 0.4) is 0 Å². The van der Waals surface area contributed by atoms with Crippen LogP contribution < -0.4 is 5.32 Å². The largest absolute Gasteiger partial charge is 0.396 e. The van der Waals surface area contributed by atoms with Crippen molar-refractivity contribution in [2.24, 2.45) is 0 Å². The standard InChI is InChI=1S/C14H21NO2/c1-4-12(8-9-16)15-14(17)13-7-5-6-10(2)11(13)3/h5-7,12,16H,4,8-9H2,1-3H3,(H,15,17). The van der Waals surface area contributed by atoms with Gasteiger partial charge < -0.3 is 10.4 Å². The normalized spacial score (nSPS) is 12.2. The van der Waals surface area contributed by atoms with Crippen LogP contribution in [0.25, 0.3) is 0 Å². The average Bonchev–Trinajstić information content (AvgIpc) is 2.31. The van der Waals surface area contributed by atoms with Gasteiger partial charge in [0.15, 0.2) is 0 Å². The minimum Gasteiger partial charge on any atom is -0.396 e.